The second-order valence-corrected chi connectivity index (χ2v) is 2.90. The van der Waals surface area contributed by atoms with Crippen LogP contribution in [0.25, 0.3) is 0 Å². The molecule has 0 aromatic carbocycles. The van der Waals surface area contributed by atoms with E-state index in [9.17, 15) is 0 Å². The first-order valence-electron chi connectivity index (χ1n) is 3.24. The maximum Gasteiger partial charge on any atom is 0.0163 e. The summed E-state index contributed by atoms with van der Waals surface area (Å²) in [6.45, 7) is 2.50. The lowest BCUT2D eigenvalue weighted by Crippen LogP contribution is -2.23. The largest absolute Gasteiger partial charge is 0.302 e. The fourth-order valence-electron chi connectivity index (χ4n) is 1.38. The van der Waals surface area contributed by atoms with Gasteiger partial charge < -0.3 is 4.90 Å². The van der Waals surface area contributed by atoms with Gasteiger partial charge >= 0.3 is 0 Å². The first-order chi connectivity index (χ1) is 3.86. The summed E-state index contributed by atoms with van der Waals surface area (Å²) in [5.41, 5.74) is 1.71. The van der Waals surface area contributed by atoms with Gasteiger partial charge in [-0.1, -0.05) is 11.6 Å². The third-order valence-corrected chi connectivity index (χ3v) is 2.04. The normalized spacial score (nSPS) is 36.1. The highest BCUT2D eigenvalue weighted by Crippen LogP contribution is 2.39. The monoisotopic (exact) mass is 109 g/mol. The van der Waals surface area contributed by atoms with Crippen LogP contribution in [0.1, 0.15) is 6.42 Å². The van der Waals surface area contributed by atoms with Crippen molar-refractivity contribution in [1.29, 1.82) is 0 Å². The van der Waals surface area contributed by atoms with Crippen molar-refractivity contribution in [2.75, 3.05) is 20.1 Å². The summed E-state index contributed by atoms with van der Waals surface area (Å²) >= 11 is 0. The average Bonchev–Trinajstić information content (AvgIpc) is 2.43. The lowest BCUT2D eigenvalue weighted by molar-refractivity contribution is 0.349. The molecule has 1 aliphatic carbocycles. The Labute approximate surface area is 50.0 Å². The summed E-state index contributed by atoms with van der Waals surface area (Å²) in [5.74, 6) is 0.966. The van der Waals surface area contributed by atoms with Crippen LogP contribution in [0, 0.1) is 5.92 Å². The predicted octanol–water partition coefficient (Wildman–Crippen LogP) is 0.878. The van der Waals surface area contributed by atoms with Crippen LogP contribution in [-0.2, 0) is 0 Å². The molecule has 2 rings (SSSR count). The van der Waals surface area contributed by atoms with Crippen LogP contribution in [0.3, 0.4) is 0 Å². The molecule has 0 amide bonds. The minimum atomic E-state index is 0.966. The Bertz CT molecular complexity index is 137. The van der Waals surface area contributed by atoms with E-state index in [4.69, 9.17) is 0 Å². The van der Waals surface area contributed by atoms with Crippen LogP contribution < -0.4 is 0 Å². The molecule has 0 aromatic rings. The van der Waals surface area contributed by atoms with Crippen LogP contribution in [0.4, 0.5) is 0 Å². The van der Waals surface area contributed by atoms with Crippen molar-refractivity contribution in [3.8, 4) is 0 Å². The van der Waals surface area contributed by atoms with Crippen molar-refractivity contribution in [3.63, 3.8) is 0 Å². The van der Waals surface area contributed by atoms with E-state index in [0.29, 0.717) is 0 Å². The molecule has 1 fully saturated rings. The SMILES string of the molecule is CN1CC=C2CC2C1. The number of rotatable bonds is 0. The topological polar surface area (TPSA) is 3.24 Å². The molecule has 1 heterocycles. The van der Waals surface area contributed by atoms with Gasteiger partial charge in [-0.05, 0) is 19.4 Å². The smallest absolute Gasteiger partial charge is 0.0163 e. The Kier molecular flexibility index (Phi) is 0.770. The van der Waals surface area contributed by atoms with Gasteiger partial charge in [-0.2, -0.15) is 0 Å². The highest BCUT2D eigenvalue weighted by molar-refractivity contribution is 5.26. The van der Waals surface area contributed by atoms with Gasteiger partial charge in [0.25, 0.3) is 0 Å². The number of fused-ring (bicyclic) bond motifs is 1. The summed E-state index contributed by atoms with van der Waals surface area (Å²) in [7, 11) is 2.19. The second kappa shape index (κ2) is 1.35. The molecule has 1 atom stereocenters. The van der Waals surface area contributed by atoms with E-state index in [1.54, 1.807) is 5.57 Å². The summed E-state index contributed by atoms with van der Waals surface area (Å²) in [6.07, 6.45) is 3.76. The lowest BCUT2D eigenvalue weighted by Gasteiger charge is -2.15. The van der Waals surface area contributed by atoms with Crippen molar-refractivity contribution in [3.05, 3.63) is 11.6 Å². The zero-order valence-electron chi connectivity index (χ0n) is 5.22. The fraction of sp³-hybridized carbons (Fsp3) is 0.714. The Morgan fingerprint density at radius 2 is 2.62 bits per heavy atom. The third kappa shape index (κ3) is 0.583. The molecule has 8 heavy (non-hydrogen) atoms. The summed E-state index contributed by atoms with van der Waals surface area (Å²) in [4.78, 5) is 2.38. The maximum atomic E-state index is 2.38. The standard InChI is InChI=1S/C7H11N/c1-8-3-2-6-4-7(6)5-8/h2,7H,3-5H2,1H3. The van der Waals surface area contributed by atoms with Crippen LogP contribution in [-0.4, -0.2) is 25.0 Å². The fourth-order valence-corrected chi connectivity index (χ4v) is 1.38. The minimum Gasteiger partial charge on any atom is -0.302 e. The van der Waals surface area contributed by atoms with Crippen LogP contribution in [0.2, 0.25) is 0 Å². The quantitative estimate of drug-likeness (QED) is 0.417. The van der Waals surface area contributed by atoms with Crippen LogP contribution in [0.15, 0.2) is 11.6 Å². The summed E-state index contributed by atoms with van der Waals surface area (Å²) < 4.78 is 0. The number of hydrogen-bond donors (Lipinski definition) is 0. The minimum absolute atomic E-state index is 0.966. The van der Waals surface area contributed by atoms with E-state index in [0.717, 1.165) is 5.92 Å². The molecule has 1 saturated carbocycles. The van der Waals surface area contributed by atoms with E-state index < -0.39 is 0 Å². The van der Waals surface area contributed by atoms with E-state index in [2.05, 4.69) is 18.0 Å². The number of hydrogen-bond acceptors (Lipinski definition) is 1. The molecule has 0 N–H and O–H groups in total. The van der Waals surface area contributed by atoms with Crippen LogP contribution >= 0.6 is 0 Å². The zero-order chi connectivity index (χ0) is 5.56. The molecule has 0 bridgehead atoms. The first kappa shape index (κ1) is 4.57. The predicted molar refractivity (Wildman–Crippen MR) is 33.7 cm³/mol. The van der Waals surface area contributed by atoms with Crippen molar-refractivity contribution in [1.82, 2.24) is 4.90 Å². The molecular weight excluding hydrogens is 98.1 g/mol. The Hall–Kier alpha value is -0.300. The van der Waals surface area contributed by atoms with Gasteiger partial charge in [-0.25, -0.2) is 0 Å². The molecule has 1 heteroatoms. The lowest BCUT2D eigenvalue weighted by atomic mass is 10.3. The Balaban J connectivity index is 2.11. The van der Waals surface area contributed by atoms with Gasteiger partial charge in [-0.15, -0.1) is 0 Å². The first-order valence-corrected chi connectivity index (χ1v) is 3.24. The van der Waals surface area contributed by atoms with Crippen molar-refractivity contribution >= 4 is 0 Å². The average molecular weight is 109 g/mol. The van der Waals surface area contributed by atoms with Crippen molar-refractivity contribution < 1.29 is 0 Å². The molecule has 0 saturated heterocycles. The van der Waals surface area contributed by atoms with Gasteiger partial charge in [0, 0.05) is 13.1 Å². The van der Waals surface area contributed by atoms with E-state index in [-0.39, 0.29) is 0 Å². The molecule has 1 nitrogen and oxygen atoms in total. The van der Waals surface area contributed by atoms with Crippen molar-refractivity contribution in [2.45, 2.75) is 6.42 Å². The molecule has 1 unspecified atom stereocenters. The zero-order valence-corrected chi connectivity index (χ0v) is 5.22. The van der Waals surface area contributed by atoms with E-state index >= 15 is 0 Å². The van der Waals surface area contributed by atoms with Crippen molar-refractivity contribution in [2.24, 2.45) is 5.92 Å². The van der Waals surface area contributed by atoms with Gasteiger partial charge in [0.1, 0.15) is 0 Å². The molecular formula is C7H11N. The highest BCUT2D eigenvalue weighted by atomic mass is 15.1. The van der Waals surface area contributed by atoms with Gasteiger partial charge in [0.15, 0.2) is 0 Å². The molecule has 0 radical (unpaired) electrons. The molecule has 0 spiro atoms. The summed E-state index contributed by atoms with van der Waals surface area (Å²) in [6, 6.07) is 0. The van der Waals surface area contributed by atoms with E-state index in [1.807, 2.05) is 0 Å². The maximum absolute atomic E-state index is 2.38. The summed E-state index contributed by atoms with van der Waals surface area (Å²) in [5, 5.41) is 0. The third-order valence-electron chi connectivity index (χ3n) is 2.04. The van der Waals surface area contributed by atoms with Gasteiger partial charge in [0.05, 0.1) is 0 Å². The molecule has 1 aliphatic heterocycles. The van der Waals surface area contributed by atoms with Crippen LogP contribution in [0.5, 0.6) is 0 Å². The highest BCUT2D eigenvalue weighted by Gasteiger charge is 2.32. The molecule has 44 valence electrons. The Morgan fingerprint density at radius 3 is 3.25 bits per heavy atom. The number of nitrogens with zero attached hydrogens (tertiary/aromatic N) is 1. The molecule has 0 aromatic heterocycles. The van der Waals surface area contributed by atoms with Gasteiger partial charge in [0.2, 0.25) is 0 Å². The second-order valence-electron chi connectivity index (χ2n) is 2.90. The molecule has 2 aliphatic rings. The van der Waals surface area contributed by atoms with Gasteiger partial charge in [-0.3, -0.25) is 0 Å². The Morgan fingerprint density at radius 1 is 1.75 bits per heavy atom. The number of likely N-dealkylation sites (N-methyl/N-ethyl adjacent to an activating group) is 1. The van der Waals surface area contributed by atoms with E-state index in [1.165, 1.54) is 19.5 Å².